The molecule has 2 aromatic carbocycles. The van der Waals surface area contributed by atoms with E-state index < -0.39 is 0 Å². The zero-order valence-electron chi connectivity index (χ0n) is 18.2. The molecule has 1 atom stereocenters. The fourth-order valence-electron chi connectivity index (χ4n) is 4.50. The Morgan fingerprint density at radius 3 is 2.82 bits per heavy atom. The summed E-state index contributed by atoms with van der Waals surface area (Å²) in [5, 5.41) is 0.566. The second-order valence-corrected chi connectivity index (χ2v) is 8.63. The average molecular weight is 461 g/mol. The van der Waals surface area contributed by atoms with Gasteiger partial charge in [0.15, 0.2) is 0 Å². The van der Waals surface area contributed by atoms with Crippen LogP contribution < -0.4 is 14.5 Å². The van der Waals surface area contributed by atoms with Crippen molar-refractivity contribution in [2.45, 2.75) is 19.1 Å². The molecule has 0 aliphatic carbocycles. The molecular formula is C26H25ClN4O2. The van der Waals surface area contributed by atoms with Crippen molar-refractivity contribution in [3.8, 4) is 5.75 Å². The Morgan fingerprint density at radius 2 is 2.03 bits per heavy atom. The van der Waals surface area contributed by atoms with E-state index in [9.17, 15) is 4.79 Å². The van der Waals surface area contributed by atoms with Crippen LogP contribution in [0.5, 0.6) is 5.75 Å². The summed E-state index contributed by atoms with van der Waals surface area (Å²) >= 11 is 6.60. The second kappa shape index (κ2) is 9.16. The number of carbonyl (C=O) groups is 1. The summed E-state index contributed by atoms with van der Waals surface area (Å²) in [5.74, 6) is 0.641. The Bertz CT molecular complexity index is 1170. The fraction of sp³-hybridized carbons (Fsp3) is 0.231. The first-order chi connectivity index (χ1) is 16.1. The third-order valence-corrected chi connectivity index (χ3v) is 6.52. The lowest BCUT2D eigenvalue weighted by atomic mass is 10.2. The van der Waals surface area contributed by atoms with Gasteiger partial charge in [-0.25, -0.2) is 0 Å². The van der Waals surface area contributed by atoms with Gasteiger partial charge >= 0.3 is 0 Å². The number of pyridine rings is 1. The molecule has 0 saturated carbocycles. The number of nitrogens with zero attached hydrogens (tertiary/aromatic N) is 4. The van der Waals surface area contributed by atoms with Gasteiger partial charge in [0.1, 0.15) is 12.4 Å². The molecule has 0 bridgehead atoms. The van der Waals surface area contributed by atoms with Crippen LogP contribution in [0, 0.1) is 0 Å². The Labute approximate surface area is 198 Å². The van der Waals surface area contributed by atoms with Crippen LogP contribution in [-0.2, 0) is 11.4 Å². The number of likely N-dealkylation sites (tertiary alicyclic amines) is 1. The van der Waals surface area contributed by atoms with Gasteiger partial charge in [0.2, 0.25) is 5.91 Å². The molecule has 1 saturated heterocycles. The zero-order valence-corrected chi connectivity index (χ0v) is 19.0. The molecule has 1 fully saturated rings. The number of carbonyl (C=O) groups excluding carboxylic acids is 1. The largest absolute Gasteiger partial charge is 0.487 e. The normalized spacial score (nSPS) is 17.2. The number of amides is 1. The van der Waals surface area contributed by atoms with Crippen molar-refractivity contribution in [3.63, 3.8) is 0 Å². The van der Waals surface area contributed by atoms with Crippen molar-refractivity contribution in [2.24, 2.45) is 0 Å². The molecule has 1 aromatic heterocycles. The zero-order chi connectivity index (χ0) is 22.8. The maximum absolute atomic E-state index is 12.1. The Morgan fingerprint density at radius 1 is 1.18 bits per heavy atom. The summed E-state index contributed by atoms with van der Waals surface area (Å²) in [4.78, 5) is 22.8. The van der Waals surface area contributed by atoms with Crippen molar-refractivity contribution in [1.29, 1.82) is 0 Å². The van der Waals surface area contributed by atoms with E-state index in [-0.39, 0.29) is 11.9 Å². The van der Waals surface area contributed by atoms with E-state index in [4.69, 9.17) is 16.3 Å². The molecule has 6 nitrogen and oxygen atoms in total. The second-order valence-electron chi connectivity index (χ2n) is 8.22. The van der Waals surface area contributed by atoms with Gasteiger partial charge in [0.05, 0.1) is 35.3 Å². The third-order valence-electron chi connectivity index (χ3n) is 6.23. The van der Waals surface area contributed by atoms with Gasteiger partial charge in [0.25, 0.3) is 0 Å². The number of aromatic nitrogens is 1. The smallest absolute Gasteiger partial charge is 0.246 e. The Balaban J connectivity index is 1.35. The Kier molecular flexibility index (Phi) is 5.92. The summed E-state index contributed by atoms with van der Waals surface area (Å²) in [6.45, 7) is 6.18. The van der Waals surface area contributed by atoms with Crippen LogP contribution in [0.3, 0.4) is 0 Å². The molecule has 33 heavy (non-hydrogen) atoms. The number of halogens is 1. The minimum Gasteiger partial charge on any atom is -0.487 e. The summed E-state index contributed by atoms with van der Waals surface area (Å²) in [6.07, 6.45) is 6.00. The first-order valence-corrected chi connectivity index (χ1v) is 11.4. The van der Waals surface area contributed by atoms with Gasteiger partial charge in [-0.2, -0.15) is 0 Å². The summed E-state index contributed by atoms with van der Waals surface area (Å²) in [7, 11) is 0. The Hall–Kier alpha value is -3.51. The van der Waals surface area contributed by atoms with Crippen molar-refractivity contribution < 1.29 is 9.53 Å². The van der Waals surface area contributed by atoms with Gasteiger partial charge in [-0.15, -0.1) is 0 Å². The molecular weight excluding hydrogens is 436 g/mol. The fourth-order valence-corrected chi connectivity index (χ4v) is 4.73. The molecule has 1 amide bonds. The highest BCUT2D eigenvalue weighted by molar-refractivity contribution is 6.32. The molecule has 3 aromatic rings. The predicted octanol–water partition coefficient (Wildman–Crippen LogP) is 5.02. The van der Waals surface area contributed by atoms with Crippen LogP contribution in [0.15, 0.2) is 79.6 Å². The van der Waals surface area contributed by atoms with Crippen LogP contribution >= 0.6 is 11.6 Å². The van der Waals surface area contributed by atoms with E-state index in [0.717, 1.165) is 35.6 Å². The molecule has 2 aliphatic heterocycles. The van der Waals surface area contributed by atoms with Gasteiger partial charge in [-0.05, 0) is 42.3 Å². The van der Waals surface area contributed by atoms with Gasteiger partial charge < -0.3 is 19.4 Å². The van der Waals surface area contributed by atoms with Crippen LogP contribution in [0.4, 0.5) is 17.1 Å². The lowest BCUT2D eigenvalue weighted by Crippen LogP contribution is -2.40. The maximum atomic E-state index is 12.1. The average Bonchev–Trinajstić information content (AvgIpc) is 3.49. The number of anilines is 3. The topological polar surface area (TPSA) is 48.9 Å². The summed E-state index contributed by atoms with van der Waals surface area (Å²) < 4.78 is 5.94. The van der Waals surface area contributed by atoms with E-state index in [1.54, 1.807) is 0 Å². The highest BCUT2D eigenvalue weighted by Crippen LogP contribution is 2.43. The third kappa shape index (κ3) is 4.26. The molecule has 0 spiro atoms. The molecule has 2 aliphatic rings. The van der Waals surface area contributed by atoms with Crippen molar-refractivity contribution in [2.75, 3.05) is 29.6 Å². The highest BCUT2D eigenvalue weighted by atomic mass is 35.5. The molecule has 0 N–H and O–H groups in total. The van der Waals surface area contributed by atoms with Gasteiger partial charge in [-0.3, -0.25) is 9.78 Å². The van der Waals surface area contributed by atoms with E-state index in [0.29, 0.717) is 30.6 Å². The summed E-state index contributed by atoms with van der Waals surface area (Å²) in [6, 6.07) is 18.2. The van der Waals surface area contributed by atoms with Crippen molar-refractivity contribution >= 4 is 34.6 Å². The SMILES string of the molecule is C=CC(=O)N1CC[C@@H](N2CN(c3ccc(OCc4ccccc4)c(Cl)c3)c3cnccc32)C1. The van der Waals surface area contributed by atoms with Gasteiger partial charge in [-0.1, -0.05) is 48.5 Å². The molecule has 5 rings (SSSR count). The quantitative estimate of drug-likeness (QED) is 0.483. The highest BCUT2D eigenvalue weighted by Gasteiger charge is 2.36. The van der Waals surface area contributed by atoms with Crippen LogP contribution in [-0.4, -0.2) is 41.6 Å². The number of fused-ring (bicyclic) bond motifs is 1. The number of hydrogen-bond acceptors (Lipinski definition) is 5. The molecule has 168 valence electrons. The van der Waals surface area contributed by atoms with Crippen LogP contribution in [0.2, 0.25) is 5.02 Å². The lowest BCUT2D eigenvalue weighted by Gasteiger charge is -2.27. The van der Waals surface area contributed by atoms with Crippen LogP contribution in [0.25, 0.3) is 0 Å². The molecule has 0 unspecified atom stereocenters. The number of ether oxygens (including phenoxy) is 1. The number of hydrogen-bond donors (Lipinski definition) is 0. The number of benzene rings is 2. The van der Waals surface area contributed by atoms with E-state index in [2.05, 4.69) is 21.4 Å². The molecule has 7 heteroatoms. The minimum absolute atomic E-state index is 0.0126. The number of rotatable bonds is 6. The standard InChI is InChI=1S/C26H25ClN4O2/c1-2-26(32)29-13-11-21(16-29)31-18-30(24-15-28-12-10-23(24)31)20-8-9-25(22(27)14-20)33-17-19-6-4-3-5-7-19/h2-10,12,14-15,21H,1,11,13,16-18H2/t21-/m1/s1. The van der Waals surface area contributed by atoms with Crippen LogP contribution in [0.1, 0.15) is 12.0 Å². The lowest BCUT2D eigenvalue weighted by molar-refractivity contribution is -0.125. The van der Waals surface area contributed by atoms with E-state index in [1.807, 2.05) is 71.9 Å². The van der Waals surface area contributed by atoms with E-state index in [1.165, 1.54) is 6.08 Å². The predicted molar refractivity (Wildman–Crippen MR) is 131 cm³/mol. The molecule has 0 radical (unpaired) electrons. The first kappa shape index (κ1) is 21.3. The maximum Gasteiger partial charge on any atom is 0.246 e. The summed E-state index contributed by atoms with van der Waals surface area (Å²) in [5.41, 5.74) is 4.21. The monoisotopic (exact) mass is 460 g/mol. The minimum atomic E-state index is -0.0126. The van der Waals surface area contributed by atoms with Gasteiger partial charge in [0, 0.05) is 25.0 Å². The van der Waals surface area contributed by atoms with E-state index >= 15 is 0 Å². The van der Waals surface area contributed by atoms with Crippen molar-refractivity contribution in [3.05, 3.63) is 90.2 Å². The van der Waals surface area contributed by atoms with Crippen molar-refractivity contribution in [1.82, 2.24) is 9.88 Å². The molecule has 3 heterocycles. The first-order valence-electron chi connectivity index (χ1n) is 11.0.